The van der Waals surface area contributed by atoms with Crippen LogP contribution in [0.2, 0.25) is 5.02 Å². The molecule has 7 heteroatoms. The quantitative estimate of drug-likeness (QED) is 0.569. The van der Waals surface area contributed by atoms with E-state index in [9.17, 15) is 20.4 Å². The standard InChI is InChI=1S/C21H25ClO6/c1-2-27-15-6-3-12(4-7-15)9-14-10-13(5-8-16(14)22)21-20(26)19(25)18(24)17(11-23)28-21/h3-8,10,17-21,23-26H,2,9,11H2,1H3/t17-,18-,19+,20-,21+/m1/s1/i1D3,2D2,5D,8D,10D,17D,18D,19D,20D. The van der Waals surface area contributed by atoms with Crippen LogP contribution in [0.4, 0.5) is 0 Å². The van der Waals surface area contributed by atoms with Gasteiger partial charge in [0.25, 0.3) is 0 Å². The zero-order valence-corrected chi connectivity index (χ0v) is 15.0. The van der Waals surface area contributed by atoms with Crippen molar-refractivity contribution < 1.29 is 46.3 Å². The fourth-order valence-electron chi connectivity index (χ4n) is 2.58. The minimum absolute atomic E-state index is 0.145. The highest BCUT2D eigenvalue weighted by Crippen LogP contribution is 2.34. The number of rotatable bonds is 6. The maximum Gasteiger partial charge on any atom is 0.119 e. The van der Waals surface area contributed by atoms with Crippen molar-refractivity contribution >= 4 is 11.6 Å². The molecule has 0 unspecified atom stereocenters. The molecule has 0 amide bonds. The maximum atomic E-state index is 10.8. The fraction of sp³-hybridized carbons (Fsp3) is 0.429. The van der Waals surface area contributed by atoms with Crippen LogP contribution in [0.5, 0.6) is 5.75 Å². The molecule has 1 aliphatic rings. The van der Waals surface area contributed by atoms with Gasteiger partial charge in [-0.15, -0.1) is 0 Å². The molecule has 4 N–H and O–H groups in total. The summed E-state index contributed by atoms with van der Waals surface area (Å²) in [5.74, 6) is -0.145. The molecule has 0 aliphatic carbocycles. The Morgan fingerprint density at radius 1 is 1.21 bits per heavy atom. The van der Waals surface area contributed by atoms with E-state index in [1.165, 1.54) is 24.3 Å². The van der Waals surface area contributed by atoms with Crippen LogP contribution in [0.3, 0.4) is 0 Å². The average molecular weight is 421 g/mol. The zero-order valence-electron chi connectivity index (χ0n) is 26.3. The van der Waals surface area contributed by atoms with Gasteiger partial charge in [0.1, 0.15) is 36.2 Å². The van der Waals surface area contributed by atoms with E-state index in [0.717, 1.165) is 0 Å². The molecule has 0 radical (unpaired) electrons. The Balaban J connectivity index is 2.09. The topological polar surface area (TPSA) is 99.4 Å². The van der Waals surface area contributed by atoms with E-state index in [1.807, 2.05) is 0 Å². The van der Waals surface area contributed by atoms with Crippen LogP contribution in [0, 0.1) is 0 Å². The van der Waals surface area contributed by atoms with Gasteiger partial charge in [-0.2, -0.15) is 0 Å². The third-order valence-corrected chi connectivity index (χ3v) is 4.30. The molecule has 1 saturated heterocycles. The molecule has 5 atom stereocenters. The Morgan fingerprint density at radius 3 is 2.64 bits per heavy atom. The molecule has 3 rings (SSSR count). The minimum Gasteiger partial charge on any atom is -0.494 e. The van der Waals surface area contributed by atoms with Gasteiger partial charge in [-0.1, -0.05) is 35.8 Å². The molecular formula is C21H25ClO6. The monoisotopic (exact) mass is 420 g/mol. The lowest BCUT2D eigenvalue weighted by molar-refractivity contribution is -0.231. The number of ether oxygens (including phenoxy) is 2. The first kappa shape index (κ1) is 10.4. The van der Waals surface area contributed by atoms with Crippen molar-refractivity contribution in [1.29, 1.82) is 0 Å². The molecular weight excluding hydrogens is 384 g/mol. The van der Waals surface area contributed by atoms with Crippen LogP contribution in [0.1, 0.15) is 46.1 Å². The first-order chi connectivity index (χ1) is 18.0. The summed E-state index contributed by atoms with van der Waals surface area (Å²) in [6, 6.07) is 2.85. The first-order valence-corrected chi connectivity index (χ1v) is 8.36. The lowest BCUT2D eigenvalue weighted by Crippen LogP contribution is -2.55. The SMILES string of the molecule is [2H]c1c([2H])c([C@@H]2O[C@]([2H])(CO)[C@@]([2H])(O)[C@]([2H])(O)[C@@]2([2H])O)c([2H])c(Cc2ccc(OC([2H])([2H])C([2H])([2H])[2H])cc2)c1Cl. The summed E-state index contributed by atoms with van der Waals surface area (Å²) >= 11 is 6.24. The van der Waals surface area contributed by atoms with Gasteiger partial charge in [0.15, 0.2) is 0 Å². The summed E-state index contributed by atoms with van der Waals surface area (Å²) in [7, 11) is 0. The Bertz CT molecular complexity index is 1280. The van der Waals surface area contributed by atoms with E-state index in [-0.39, 0.29) is 17.7 Å². The van der Waals surface area contributed by atoms with Crippen molar-refractivity contribution in [2.75, 3.05) is 13.2 Å². The molecule has 2 aromatic rings. The molecule has 1 fully saturated rings. The second-order valence-electron chi connectivity index (χ2n) is 5.77. The smallest absolute Gasteiger partial charge is 0.119 e. The lowest BCUT2D eigenvalue weighted by atomic mass is 9.90. The average Bonchev–Trinajstić information content (AvgIpc) is 2.83. The Kier molecular flexibility index (Phi) is 3.42. The number of benzene rings is 2. The lowest BCUT2D eigenvalue weighted by Gasteiger charge is -2.40. The van der Waals surface area contributed by atoms with Crippen LogP contribution in [-0.4, -0.2) is 57.9 Å². The third-order valence-electron chi connectivity index (χ3n) is 3.98. The Labute approximate surface area is 185 Å². The first-order valence-electron chi connectivity index (χ1n) is 14.0. The molecule has 152 valence electrons. The van der Waals surface area contributed by atoms with Gasteiger partial charge in [0, 0.05) is 9.13 Å². The van der Waals surface area contributed by atoms with Crippen LogP contribution in [0.15, 0.2) is 42.4 Å². The van der Waals surface area contributed by atoms with Crippen molar-refractivity contribution in [3.8, 4) is 5.75 Å². The molecule has 6 nitrogen and oxygen atoms in total. The minimum atomic E-state index is -3.93. The Hall–Kier alpha value is -1.67. The van der Waals surface area contributed by atoms with Crippen LogP contribution >= 0.6 is 11.6 Å². The number of aliphatic hydroxyl groups excluding tert-OH is 1. The van der Waals surface area contributed by atoms with Crippen molar-refractivity contribution in [3.63, 3.8) is 0 Å². The van der Waals surface area contributed by atoms with Gasteiger partial charge >= 0.3 is 0 Å². The van der Waals surface area contributed by atoms with E-state index >= 15 is 0 Å². The van der Waals surface area contributed by atoms with Gasteiger partial charge in [0.05, 0.1) is 25.5 Å². The summed E-state index contributed by atoms with van der Waals surface area (Å²) in [5.41, 5.74) is -0.615. The van der Waals surface area contributed by atoms with Crippen LogP contribution < -0.4 is 4.74 Å². The Morgan fingerprint density at radius 2 is 1.96 bits per heavy atom. The van der Waals surface area contributed by atoms with Gasteiger partial charge in [-0.05, 0) is 48.1 Å². The number of halogens is 1. The largest absolute Gasteiger partial charge is 0.494 e. The highest BCUT2D eigenvalue weighted by atomic mass is 35.5. The molecule has 0 spiro atoms. The van der Waals surface area contributed by atoms with Crippen molar-refractivity contribution in [1.82, 2.24) is 0 Å². The summed E-state index contributed by atoms with van der Waals surface area (Å²) in [5, 5.41) is 40.8. The third kappa shape index (κ3) is 4.49. The normalized spacial score (nSPS) is 45.2. The van der Waals surface area contributed by atoms with Crippen molar-refractivity contribution in [2.45, 2.75) is 43.7 Å². The molecule has 0 saturated carbocycles. The maximum absolute atomic E-state index is 10.8. The van der Waals surface area contributed by atoms with Gasteiger partial charge in [-0.3, -0.25) is 0 Å². The molecule has 1 heterocycles. The summed E-state index contributed by atoms with van der Waals surface area (Å²) in [4.78, 5) is 0. The predicted octanol–water partition coefficient (Wildman–Crippen LogP) is 1.84. The summed E-state index contributed by atoms with van der Waals surface area (Å²) in [6.07, 6.45) is -17.4. The van der Waals surface area contributed by atoms with E-state index in [0.29, 0.717) is 5.56 Å². The second kappa shape index (κ2) is 9.22. The molecule has 0 bridgehead atoms. The fourth-order valence-corrected chi connectivity index (χ4v) is 2.74. The van der Waals surface area contributed by atoms with Crippen molar-refractivity contribution in [2.24, 2.45) is 0 Å². The van der Waals surface area contributed by atoms with E-state index in [2.05, 4.69) is 0 Å². The summed E-state index contributed by atoms with van der Waals surface area (Å²) < 4.78 is 104. The van der Waals surface area contributed by atoms with Crippen molar-refractivity contribution in [3.05, 3.63) is 64.1 Å². The molecule has 28 heavy (non-hydrogen) atoms. The predicted molar refractivity (Wildman–Crippen MR) is 105 cm³/mol. The van der Waals surface area contributed by atoms with Gasteiger partial charge < -0.3 is 29.9 Å². The molecule has 1 aliphatic heterocycles. The van der Waals surface area contributed by atoms with Crippen LogP contribution in [-0.2, 0) is 11.2 Å². The van der Waals surface area contributed by atoms with E-state index in [1.54, 1.807) is 0 Å². The highest BCUT2D eigenvalue weighted by molar-refractivity contribution is 6.31. The van der Waals surface area contributed by atoms with Gasteiger partial charge in [-0.25, -0.2) is 0 Å². The number of hydrogen-bond donors (Lipinski definition) is 4. The van der Waals surface area contributed by atoms with E-state index in [4.69, 9.17) is 37.5 Å². The number of aliphatic hydroxyl groups is 4. The highest BCUT2D eigenvalue weighted by Gasteiger charge is 2.43. The van der Waals surface area contributed by atoms with E-state index < -0.39 is 79.2 Å². The zero-order chi connectivity index (χ0) is 30.9. The van der Waals surface area contributed by atoms with Crippen LogP contribution in [0.25, 0.3) is 0 Å². The second-order valence-corrected chi connectivity index (χ2v) is 6.15. The molecule has 0 aromatic heterocycles. The summed E-state index contributed by atoms with van der Waals surface area (Å²) in [6.45, 7) is -7.58. The van der Waals surface area contributed by atoms with Gasteiger partial charge in [0.2, 0.25) is 0 Å². The number of hydrogen-bond acceptors (Lipinski definition) is 6. The molecule has 2 aromatic carbocycles.